The Kier molecular flexibility index (Phi) is 7.88. The number of rotatable bonds is 8. The number of sulfonamides is 1. The molecule has 1 aromatic heterocycles. The van der Waals surface area contributed by atoms with Crippen molar-refractivity contribution in [1.82, 2.24) is 15.2 Å². The summed E-state index contributed by atoms with van der Waals surface area (Å²) in [6, 6.07) is 10.3. The van der Waals surface area contributed by atoms with E-state index in [9.17, 15) is 18.0 Å². The van der Waals surface area contributed by atoms with Crippen molar-refractivity contribution in [3.63, 3.8) is 0 Å². The number of hydrazine groups is 1. The van der Waals surface area contributed by atoms with Gasteiger partial charge in [0, 0.05) is 19.0 Å². The number of carbonyl (C=O) groups excluding carboxylic acids is 2. The predicted molar refractivity (Wildman–Crippen MR) is 115 cm³/mol. The lowest BCUT2D eigenvalue weighted by atomic mass is 9.98. The number of piperidine rings is 1. The Morgan fingerprint density at radius 1 is 1.06 bits per heavy atom. The first-order valence-corrected chi connectivity index (χ1v) is 12.2. The number of carbonyl (C=O) groups is 2. The third kappa shape index (κ3) is 5.96. The minimum Gasteiger partial charge on any atom is -0.490 e. The minimum atomic E-state index is -3.51. The fourth-order valence-electron chi connectivity index (χ4n) is 3.15. The topological polar surface area (TPSA) is 114 Å². The third-order valence-electron chi connectivity index (χ3n) is 4.75. The Morgan fingerprint density at radius 3 is 2.35 bits per heavy atom. The summed E-state index contributed by atoms with van der Waals surface area (Å²) >= 11 is 1.17. The van der Waals surface area contributed by atoms with E-state index in [0.29, 0.717) is 35.2 Å². The normalized spacial score (nSPS) is 15.3. The number of hydrogen-bond acceptors (Lipinski definition) is 7. The van der Waals surface area contributed by atoms with Gasteiger partial charge in [-0.15, -0.1) is 11.3 Å². The van der Waals surface area contributed by atoms with E-state index >= 15 is 0 Å². The quantitative estimate of drug-likeness (QED) is 0.572. The first-order chi connectivity index (χ1) is 14.9. The molecular formula is C20H25N3O6S2. The fraction of sp³-hybridized carbons (Fsp3) is 0.400. The lowest BCUT2D eigenvalue weighted by molar-refractivity contribution is -0.132. The van der Waals surface area contributed by atoms with E-state index in [4.69, 9.17) is 9.47 Å². The molecule has 2 amide bonds. The standard InChI is InChI=1S/C20H25N3O6S2/c1-2-28-16-6-3-4-7-17(16)29-14-18(24)21-22-20(25)15-9-11-23(12-10-15)31(26,27)19-8-5-13-30-19/h3-8,13,15H,2,9-12,14H2,1H3,(H,21,24)(H,22,25). The van der Waals surface area contributed by atoms with Crippen LogP contribution in [-0.4, -0.2) is 50.8 Å². The second kappa shape index (κ2) is 10.6. The number of benzene rings is 1. The Bertz CT molecular complexity index is 986. The van der Waals surface area contributed by atoms with Gasteiger partial charge in [-0.2, -0.15) is 4.31 Å². The molecule has 168 valence electrons. The summed E-state index contributed by atoms with van der Waals surface area (Å²) in [5.74, 6) is -0.278. The average Bonchev–Trinajstić information content (AvgIpc) is 3.33. The second-order valence-electron chi connectivity index (χ2n) is 6.82. The number of nitrogens with zero attached hydrogens (tertiary/aromatic N) is 1. The van der Waals surface area contributed by atoms with Crippen molar-refractivity contribution >= 4 is 33.2 Å². The maximum absolute atomic E-state index is 12.5. The van der Waals surface area contributed by atoms with Gasteiger partial charge < -0.3 is 9.47 Å². The average molecular weight is 468 g/mol. The number of nitrogens with one attached hydrogen (secondary N) is 2. The number of thiophene rings is 1. The lowest BCUT2D eigenvalue weighted by Gasteiger charge is -2.30. The molecule has 1 aliphatic heterocycles. The highest BCUT2D eigenvalue weighted by Gasteiger charge is 2.32. The van der Waals surface area contributed by atoms with Gasteiger partial charge in [0.2, 0.25) is 5.91 Å². The van der Waals surface area contributed by atoms with Gasteiger partial charge in [0.15, 0.2) is 18.1 Å². The molecule has 2 heterocycles. The molecule has 11 heteroatoms. The van der Waals surface area contributed by atoms with Crippen LogP contribution in [0.1, 0.15) is 19.8 Å². The van der Waals surface area contributed by atoms with Crippen molar-refractivity contribution in [2.24, 2.45) is 5.92 Å². The van der Waals surface area contributed by atoms with Crippen LogP contribution in [0, 0.1) is 5.92 Å². The van der Waals surface area contributed by atoms with Gasteiger partial charge in [0.25, 0.3) is 15.9 Å². The van der Waals surface area contributed by atoms with E-state index in [-0.39, 0.29) is 31.5 Å². The van der Waals surface area contributed by atoms with Crippen LogP contribution in [0.15, 0.2) is 46.0 Å². The van der Waals surface area contributed by atoms with Crippen molar-refractivity contribution in [3.05, 3.63) is 41.8 Å². The van der Waals surface area contributed by atoms with Crippen molar-refractivity contribution in [2.75, 3.05) is 26.3 Å². The van der Waals surface area contributed by atoms with Crippen molar-refractivity contribution in [3.8, 4) is 11.5 Å². The molecule has 2 aromatic rings. The predicted octanol–water partition coefficient (Wildman–Crippen LogP) is 1.77. The third-order valence-corrected chi connectivity index (χ3v) is 8.02. The van der Waals surface area contributed by atoms with Crippen LogP contribution in [0.4, 0.5) is 0 Å². The molecule has 0 bridgehead atoms. The van der Waals surface area contributed by atoms with Crippen LogP contribution in [0.5, 0.6) is 11.5 Å². The lowest BCUT2D eigenvalue weighted by Crippen LogP contribution is -2.49. The molecule has 1 saturated heterocycles. The monoisotopic (exact) mass is 467 g/mol. The van der Waals surface area contributed by atoms with Crippen molar-refractivity contribution < 1.29 is 27.5 Å². The SMILES string of the molecule is CCOc1ccccc1OCC(=O)NNC(=O)C1CCN(S(=O)(=O)c2cccs2)CC1. The maximum Gasteiger partial charge on any atom is 0.276 e. The highest BCUT2D eigenvalue weighted by atomic mass is 32.2. The molecule has 0 radical (unpaired) electrons. The second-order valence-corrected chi connectivity index (χ2v) is 9.93. The van der Waals surface area contributed by atoms with E-state index in [0.717, 1.165) is 0 Å². The molecule has 1 aromatic carbocycles. The molecule has 3 rings (SSSR count). The summed E-state index contributed by atoms with van der Waals surface area (Å²) in [7, 11) is -3.51. The molecule has 0 spiro atoms. The fourth-order valence-corrected chi connectivity index (χ4v) is 5.77. The largest absolute Gasteiger partial charge is 0.490 e. The molecule has 31 heavy (non-hydrogen) atoms. The summed E-state index contributed by atoms with van der Waals surface area (Å²) in [4.78, 5) is 24.4. The van der Waals surface area contributed by atoms with Crippen molar-refractivity contribution in [1.29, 1.82) is 0 Å². The summed E-state index contributed by atoms with van der Waals surface area (Å²) < 4.78 is 37.7. The molecule has 0 saturated carbocycles. The summed E-state index contributed by atoms with van der Waals surface area (Å²) in [6.07, 6.45) is 0.759. The van der Waals surface area contributed by atoms with E-state index in [1.807, 2.05) is 6.92 Å². The molecule has 0 unspecified atom stereocenters. The number of ether oxygens (including phenoxy) is 2. The van der Waals surface area contributed by atoms with Crippen LogP contribution in [0.25, 0.3) is 0 Å². The highest BCUT2D eigenvalue weighted by Crippen LogP contribution is 2.27. The Hall–Kier alpha value is -2.63. The molecule has 1 fully saturated rings. The molecular weight excluding hydrogens is 442 g/mol. The number of hydrogen-bond donors (Lipinski definition) is 2. The van der Waals surface area contributed by atoms with Crippen molar-refractivity contribution in [2.45, 2.75) is 24.0 Å². The molecule has 0 atom stereocenters. The first kappa shape index (κ1) is 23.0. The van der Waals surface area contributed by atoms with E-state index < -0.39 is 15.9 Å². The summed E-state index contributed by atoms with van der Waals surface area (Å²) in [6.45, 7) is 2.53. The van der Waals surface area contributed by atoms with Gasteiger partial charge in [-0.05, 0) is 43.3 Å². The summed E-state index contributed by atoms with van der Waals surface area (Å²) in [5.41, 5.74) is 4.72. The van der Waals surface area contributed by atoms with Gasteiger partial charge in [-0.1, -0.05) is 18.2 Å². The summed E-state index contributed by atoms with van der Waals surface area (Å²) in [5, 5.41) is 1.72. The Balaban J connectivity index is 1.42. The smallest absolute Gasteiger partial charge is 0.276 e. The van der Waals surface area contributed by atoms with Gasteiger partial charge >= 0.3 is 0 Å². The molecule has 2 N–H and O–H groups in total. The Morgan fingerprint density at radius 2 is 1.74 bits per heavy atom. The van der Waals surface area contributed by atoms with Gasteiger partial charge in [-0.25, -0.2) is 8.42 Å². The van der Waals surface area contributed by atoms with Gasteiger partial charge in [-0.3, -0.25) is 20.4 Å². The van der Waals surface area contributed by atoms with Crippen LogP contribution in [0.3, 0.4) is 0 Å². The van der Waals surface area contributed by atoms with Gasteiger partial charge in [0.05, 0.1) is 6.61 Å². The van der Waals surface area contributed by atoms with E-state index in [1.165, 1.54) is 15.6 Å². The van der Waals surface area contributed by atoms with Gasteiger partial charge in [0.1, 0.15) is 4.21 Å². The van der Waals surface area contributed by atoms with Crippen LogP contribution >= 0.6 is 11.3 Å². The zero-order chi connectivity index (χ0) is 22.3. The Labute approximate surface area is 185 Å². The van der Waals surface area contributed by atoms with Crippen LogP contribution < -0.4 is 20.3 Å². The molecule has 0 aliphatic carbocycles. The first-order valence-electron chi connectivity index (χ1n) is 9.88. The number of para-hydroxylation sites is 2. The molecule has 9 nitrogen and oxygen atoms in total. The maximum atomic E-state index is 12.5. The van der Waals surface area contributed by atoms with E-state index in [1.54, 1.807) is 41.8 Å². The minimum absolute atomic E-state index is 0.254. The van der Waals surface area contributed by atoms with Crippen LogP contribution in [0.2, 0.25) is 0 Å². The van der Waals surface area contributed by atoms with E-state index in [2.05, 4.69) is 10.9 Å². The zero-order valence-electron chi connectivity index (χ0n) is 17.1. The zero-order valence-corrected chi connectivity index (χ0v) is 18.7. The number of amides is 2. The highest BCUT2D eigenvalue weighted by molar-refractivity contribution is 7.91. The molecule has 1 aliphatic rings. The van der Waals surface area contributed by atoms with Crippen LogP contribution in [-0.2, 0) is 19.6 Å².